The number of nitrogens with two attached hydrogens (primary N) is 2. The maximum absolute atomic E-state index is 13.1. The summed E-state index contributed by atoms with van der Waals surface area (Å²) in [5.41, 5.74) is 10.5. The molecule has 0 saturated heterocycles. The van der Waals surface area contributed by atoms with Gasteiger partial charge in [-0.15, -0.1) is 25.3 Å². The van der Waals surface area contributed by atoms with Crippen molar-refractivity contribution in [2.24, 2.45) is 16.7 Å². The number of esters is 1. The molecule has 56 heavy (non-hydrogen) atoms. The number of rotatable bonds is 22. The van der Waals surface area contributed by atoms with Gasteiger partial charge in [-0.1, -0.05) is 97.7 Å². The molecule has 0 amide bonds. The molecule has 3 aromatic carbocycles. The van der Waals surface area contributed by atoms with Crippen molar-refractivity contribution in [3.8, 4) is 11.1 Å². The van der Waals surface area contributed by atoms with Gasteiger partial charge in [0, 0.05) is 18.5 Å². The fraction of sp³-hybridized carbons (Fsp3) is 0.333. The van der Waals surface area contributed by atoms with Gasteiger partial charge in [-0.25, -0.2) is 20.4 Å². The van der Waals surface area contributed by atoms with E-state index in [2.05, 4.69) is 19.8 Å². The van der Waals surface area contributed by atoms with E-state index in [-0.39, 0.29) is 49.7 Å². The first-order valence-electron chi connectivity index (χ1n) is 17.3. The van der Waals surface area contributed by atoms with E-state index in [1.807, 2.05) is 43.3 Å². The summed E-state index contributed by atoms with van der Waals surface area (Å²) in [6.07, 6.45) is 2.00. The molecule has 4 N–H and O–H groups in total. The van der Waals surface area contributed by atoms with Gasteiger partial charge in [-0.05, 0) is 47.1 Å². The Bertz CT molecular complexity index is 1990. The molecule has 0 unspecified atom stereocenters. The first-order chi connectivity index (χ1) is 26.9. The van der Waals surface area contributed by atoms with Crippen molar-refractivity contribution in [3.63, 3.8) is 0 Å². The molecule has 0 fully saturated rings. The van der Waals surface area contributed by atoms with Gasteiger partial charge in [0.25, 0.3) is 10.2 Å². The summed E-state index contributed by atoms with van der Waals surface area (Å²) in [5, 5.41) is 24.0. The average Bonchev–Trinajstić information content (AvgIpc) is 3.49. The highest BCUT2D eigenvalue weighted by atomic mass is 35.5. The number of hydrazine groups is 1. The second kappa shape index (κ2) is 21.4. The summed E-state index contributed by atoms with van der Waals surface area (Å²) in [6, 6.07) is 21.3. The Balaban J connectivity index is 1.39. The predicted octanol–water partition coefficient (Wildman–Crippen LogP) is 5.55. The molecule has 4 rings (SSSR count). The van der Waals surface area contributed by atoms with Crippen LogP contribution in [0.15, 0.2) is 77.9 Å². The van der Waals surface area contributed by atoms with Gasteiger partial charge in [0.05, 0.1) is 13.2 Å². The second-order valence-corrected chi connectivity index (χ2v) is 12.4. The number of hydrazone groups is 1. The molecule has 1 aromatic heterocycles. The number of carbonyl (C=O) groups excluding carboxylic acids is 2. The SMILES string of the molecule is CCCCc1nc(Cl)c(C(=O)OCCCCO[N+](=O)[O-])n1Cc1ccc(-c2ccccc2/C(N)=N/N(N)COC(=O)OCc2cccc(CO[N+](=O)[O-])c2)cc1. The van der Waals surface area contributed by atoms with Crippen LogP contribution in [0, 0.1) is 20.2 Å². The first kappa shape index (κ1) is 42.3. The van der Waals surface area contributed by atoms with Gasteiger partial charge in [-0.3, -0.25) is 0 Å². The molecule has 0 radical (unpaired) electrons. The van der Waals surface area contributed by atoms with Crippen LogP contribution in [0.5, 0.6) is 0 Å². The minimum absolute atomic E-state index is 0.0257. The maximum Gasteiger partial charge on any atom is 0.510 e. The molecule has 0 aliphatic heterocycles. The third kappa shape index (κ3) is 13.1. The zero-order valence-electron chi connectivity index (χ0n) is 30.4. The number of hydrogen-bond acceptors (Lipinski definition) is 15. The van der Waals surface area contributed by atoms with Crippen molar-refractivity contribution in [1.29, 1.82) is 0 Å². The molecule has 0 atom stereocenters. The van der Waals surface area contributed by atoms with Crippen molar-refractivity contribution in [2.75, 3.05) is 19.9 Å². The third-order valence-corrected chi connectivity index (χ3v) is 8.23. The number of carbonyl (C=O) groups is 2. The number of amidine groups is 1. The lowest BCUT2D eigenvalue weighted by atomic mass is 9.98. The summed E-state index contributed by atoms with van der Waals surface area (Å²) in [6.45, 7) is 1.35. The molecular formula is C36H41ClN8O11. The Labute approximate surface area is 325 Å². The number of hydrogen-bond donors (Lipinski definition) is 2. The largest absolute Gasteiger partial charge is 0.510 e. The quantitative estimate of drug-likeness (QED) is 0.0144. The number of ether oxygens (including phenoxy) is 3. The average molecular weight is 797 g/mol. The second-order valence-electron chi connectivity index (χ2n) is 12.1. The van der Waals surface area contributed by atoms with Crippen molar-refractivity contribution in [1.82, 2.24) is 14.7 Å². The van der Waals surface area contributed by atoms with E-state index in [9.17, 15) is 29.8 Å². The number of imidazole rings is 1. The molecule has 4 aromatic rings. The summed E-state index contributed by atoms with van der Waals surface area (Å²) >= 11 is 6.46. The lowest BCUT2D eigenvalue weighted by molar-refractivity contribution is -0.763. The van der Waals surface area contributed by atoms with Gasteiger partial charge in [0.2, 0.25) is 0 Å². The Hall–Kier alpha value is -6.47. The van der Waals surface area contributed by atoms with Crippen LogP contribution in [0.2, 0.25) is 5.15 Å². The zero-order valence-corrected chi connectivity index (χ0v) is 31.2. The predicted molar refractivity (Wildman–Crippen MR) is 200 cm³/mol. The minimum atomic E-state index is -1.03. The van der Waals surface area contributed by atoms with Crippen LogP contribution in [0.25, 0.3) is 11.1 Å². The molecule has 298 valence electrons. The van der Waals surface area contributed by atoms with E-state index in [4.69, 9.17) is 37.4 Å². The van der Waals surface area contributed by atoms with Crippen LogP contribution >= 0.6 is 11.6 Å². The number of nitrogens with zero attached hydrogens (tertiary/aromatic N) is 6. The fourth-order valence-electron chi connectivity index (χ4n) is 5.32. The standard InChI is InChI=1S/C36H41ClN8O11/c1-2-3-13-31-40-33(37)32(35(46)52-18-6-7-19-55-44(48)49)42(31)21-25-14-16-28(17-15-25)29-11-4-5-12-30(29)34(38)41-43(39)24-54-36(47)53-22-26-9-8-10-27(20-26)23-56-45(50)51/h4-5,8-12,14-17,20H,2-3,6-7,13,18-19,21-24,39H2,1H3,(H2,38,41). The summed E-state index contributed by atoms with van der Waals surface area (Å²) in [5.74, 6) is 5.98. The highest BCUT2D eigenvalue weighted by Crippen LogP contribution is 2.26. The summed E-state index contributed by atoms with van der Waals surface area (Å²) < 4.78 is 17.3. The Morgan fingerprint density at radius 1 is 0.875 bits per heavy atom. The van der Waals surface area contributed by atoms with Gasteiger partial charge in [0.1, 0.15) is 19.0 Å². The third-order valence-electron chi connectivity index (χ3n) is 7.96. The minimum Gasteiger partial charge on any atom is -0.461 e. The zero-order chi connectivity index (χ0) is 40.5. The number of aryl methyl sites for hydroxylation is 1. The van der Waals surface area contributed by atoms with Crippen LogP contribution in [0.4, 0.5) is 4.79 Å². The molecule has 19 nitrogen and oxygen atoms in total. The smallest absolute Gasteiger partial charge is 0.461 e. The lowest BCUT2D eigenvalue weighted by Crippen LogP contribution is -2.33. The molecule has 1 heterocycles. The molecule has 0 bridgehead atoms. The molecular weight excluding hydrogens is 756 g/mol. The highest BCUT2D eigenvalue weighted by molar-refractivity contribution is 6.32. The summed E-state index contributed by atoms with van der Waals surface area (Å²) in [4.78, 5) is 59.2. The number of aromatic nitrogens is 2. The lowest BCUT2D eigenvalue weighted by Gasteiger charge is -2.16. The molecule has 0 spiro atoms. The Morgan fingerprint density at radius 2 is 1.57 bits per heavy atom. The molecule has 20 heteroatoms. The first-order valence-corrected chi connectivity index (χ1v) is 17.7. The van der Waals surface area contributed by atoms with E-state index in [1.165, 1.54) is 0 Å². The van der Waals surface area contributed by atoms with Crippen molar-refractivity contribution in [2.45, 2.75) is 58.8 Å². The Morgan fingerprint density at radius 3 is 2.29 bits per heavy atom. The number of halogens is 1. The van der Waals surface area contributed by atoms with Crippen molar-refractivity contribution < 1.29 is 43.6 Å². The van der Waals surface area contributed by atoms with Crippen LogP contribution in [0.3, 0.4) is 0 Å². The molecule has 0 aliphatic rings. The van der Waals surface area contributed by atoms with Crippen molar-refractivity contribution in [3.05, 3.63) is 132 Å². The van der Waals surface area contributed by atoms with Gasteiger partial charge in [0.15, 0.2) is 23.4 Å². The van der Waals surface area contributed by atoms with Crippen LogP contribution in [-0.4, -0.2) is 62.7 Å². The van der Waals surface area contributed by atoms with Crippen LogP contribution in [0.1, 0.15) is 71.2 Å². The van der Waals surface area contributed by atoms with Crippen LogP contribution in [-0.2, 0) is 50.1 Å². The van der Waals surface area contributed by atoms with E-state index in [0.29, 0.717) is 41.8 Å². The Kier molecular flexibility index (Phi) is 16.2. The van der Waals surface area contributed by atoms with E-state index < -0.39 is 29.0 Å². The number of unbranched alkanes of at least 4 members (excludes halogenated alkanes) is 2. The number of benzene rings is 3. The maximum atomic E-state index is 13.1. The monoisotopic (exact) mass is 796 g/mol. The van der Waals surface area contributed by atoms with E-state index in [1.54, 1.807) is 41.0 Å². The van der Waals surface area contributed by atoms with Gasteiger partial charge >= 0.3 is 12.1 Å². The molecule has 0 aliphatic carbocycles. The topological polar surface area (TPSA) is 252 Å². The normalized spacial score (nSPS) is 11.1. The van der Waals surface area contributed by atoms with Gasteiger partial charge < -0.3 is 34.2 Å². The van der Waals surface area contributed by atoms with E-state index >= 15 is 0 Å². The van der Waals surface area contributed by atoms with Crippen LogP contribution < -0.4 is 11.6 Å². The van der Waals surface area contributed by atoms with Gasteiger partial charge in [-0.2, -0.15) is 5.12 Å². The molecule has 0 saturated carbocycles. The summed E-state index contributed by atoms with van der Waals surface area (Å²) in [7, 11) is 0. The van der Waals surface area contributed by atoms with E-state index in [0.717, 1.165) is 34.6 Å². The fourth-order valence-corrected chi connectivity index (χ4v) is 5.60. The highest BCUT2D eigenvalue weighted by Gasteiger charge is 2.24. The van der Waals surface area contributed by atoms with Crippen molar-refractivity contribution >= 4 is 29.6 Å².